The van der Waals surface area contributed by atoms with Crippen LogP contribution in [0.15, 0.2) is 6.20 Å². The predicted octanol–water partition coefficient (Wildman–Crippen LogP) is 3.29. The van der Waals surface area contributed by atoms with E-state index in [2.05, 4.69) is 38.0 Å². The van der Waals surface area contributed by atoms with E-state index in [1.807, 2.05) is 6.20 Å². The lowest BCUT2D eigenvalue weighted by molar-refractivity contribution is 0.350. The van der Waals surface area contributed by atoms with Gasteiger partial charge >= 0.3 is 0 Å². The lowest BCUT2D eigenvalue weighted by Gasteiger charge is -2.23. The molecule has 0 aliphatic heterocycles. The summed E-state index contributed by atoms with van der Waals surface area (Å²) in [4.78, 5) is 5.72. The zero-order valence-corrected chi connectivity index (χ0v) is 10.8. The minimum atomic E-state index is 0.385. The Balaban J connectivity index is 1.94. The van der Waals surface area contributed by atoms with Gasteiger partial charge in [-0.05, 0) is 39.0 Å². The molecule has 1 aromatic heterocycles. The number of hydrogen-bond donors (Lipinski definition) is 1. The third-order valence-electron chi connectivity index (χ3n) is 3.59. The van der Waals surface area contributed by atoms with E-state index < -0.39 is 0 Å². The number of hydrogen-bond acceptors (Lipinski definition) is 3. The van der Waals surface area contributed by atoms with Crippen molar-refractivity contribution in [1.29, 1.82) is 0 Å². The number of aryl methyl sites for hydroxylation is 1. The van der Waals surface area contributed by atoms with Crippen LogP contribution in [0, 0.1) is 12.3 Å². The lowest BCUT2D eigenvalue weighted by Crippen LogP contribution is -2.35. The van der Waals surface area contributed by atoms with E-state index in [0.29, 0.717) is 17.5 Å². The Bertz CT molecular complexity index is 341. The van der Waals surface area contributed by atoms with Crippen molar-refractivity contribution in [3.05, 3.63) is 16.1 Å². The molecule has 2 atom stereocenters. The largest absolute Gasteiger partial charge is 0.305 e. The first kappa shape index (κ1) is 11.1. The van der Waals surface area contributed by atoms with Crippen LogP contribution in [0.5, 0.6) is 0 Å². The van der Waals surface area contributed by atoms with Crippen LogP contribution in [0.4, 0.5) is 0 Å². The lowest BCUT2D eigenvalue weighted by atomic mass is 10.0. The van der Waals surface area contributed by atoms with Gasteiger partial charge in [0.1, 0.15) is 5.01 Å². The summed E-state index contributed by atoms with van der Waals surface area (Å²) in [5, 5.41) is 4.87. The van der Waals surface area contributed by atoms with E-state index in [4.69, 9.17) is 0 Å². The Kier molecular flexibility index (Phi) is 2.86. The van der Waals surface area contributed by atoms with Gasteiger partial charge in [-0.25, -0.2) is 4.98 Å². The number of nitrogens with one attached hydrogen (secondary N) is 1. The van der Waals surface area contributed by atoms with E-state index in [9.17, 15) is 0 Å². The molecule has 1 N–H and O–H groups in total. The van der Waals surface area contributed by atoms with Crippen molar-refractivity contribution in [3.8, 4) is 0 Å². The highest BCUT2D eigenvalue weighted by atomic mass is 32.1. The second kappa shape index (κ2) is 3.87. The number of nitrogens with zero attached hydrogens (tertiary/aromatic N) is 1. The smallest absolute Gasteiger partial charge is 0.109 e. The van der Waals surface area contributed by atoms with Crippen LogP contribution in [-0.4, -0.2) is 11.0 Å². The summed E-state index contributed by atoms with van der Waals surface area (Å²) in [5.41, 5.74) is 0.542. The zero-order valence-electron chi connectivity index (χ0n) is 10.0. The molecule has 1 heterocycles. The van der Waals surface area contributed by atoms with E-state index in [1.54, 1.807) is 11.3 Å². The van der Waals surface area contributed by atoms with Crippen molar-refractivity contribution >= 4 is 11.3 Å². The maximum absolute atomic E-state index is 4.43. The minimum absolute atomic E-state index is 0.385. The Hall–Kier alpha value is -0.410. The standard InChI is InChI=1S/C12H20N2S/c1-8-7-13-11(15-8)9(2)14-10(3)12(4)5-6-12/h7,9-10,14H,5-6H2,1-4H3. The van der Waals surface area contributed by atoms with E-state index in [0.717, 1.165) is 0 Å². The van der Waals surface area contributed by atoms with Crippen LogP contribution in [0.2, 0.25) is 0 Å². The summed E-state index contributed by atoms with van der Waals surface area (Å²) in [5.74, 6) is 0. The van der Waals surface area contributed by atoms with Gasteiger partial charge in [0, 0.05) is 17.1 Å². The molecule has 3 heteroatoms. The second-order valence-corrected chi connectivity index (χ2v) is 6.34. The minimum Gasteiger partial charge on any atom is -0.305 e. The number of rotatable bonds is 4. The third-order valence-corrected chi connectivity index (χ3v) is 4.69. The zero-order chi connectivity index (χ0) is 11.1. The maximum atomic E-state index is 4.43. The molecule has 0 spiro atoms. The van der Waals surface area contributed by atoms with Gasteiger partial charge in [-0.1, -0.05) is 6.92 Å². The molecule has 1 aliphatic rings. The molecule has 0 aromatic carbocycles. The van der Waals surface area contributed by atoms with Gasteiger partial charge < -0.3 is 5.32 Å². The van der Waals surface area contributed by atoms with E-state index in [1.165, 1.54) is 22.7 Å². The molecule has 0 bridgehead atoms. The van der Waals surface area contributed by atoms with Gasteiger partial charge in [0.15, 0.2) is 0 Å². The predicted molar refractivity (Wildman–Crippen MR) is 65.2 cm³/mol. The highest BCUT2D eigenvalue weighted by Gasteiger charge is 2.42. The molecule has 2 rings (SSSR count). The van der Waals surface area contributed by atoms with Crippen molar-refractivity contribution < 1.29 is 0 Å². The number of aromatic nitrogens is 1. The van der Waals surface area contributed by atoms with Gasteiger partial charge in [0.05, 0.1) is 6.04 Å². The molecule has 84 valence electrons. The molecular formula is C12H20N2S. The summed E-state index contributed by atoms with van der Waals surface area (Å²) >= 11 is 1.80. The molecule has 1 aromatic rings. The molecule has 0 amide bonds. The van der Waals surface area contributed by atoms with Crippen LogP contribution in [-0.2, 0) is 0 Å². The van der Waals surface area contributed by atoms with Crippen LogP contribution < -0.4 is 5.32 Å². The van der Waals surface area contributed by atoms with Gasteiger partial charge in [-0.15, -0.1) is 11.3 Å². The molecular weight excluding hydrogens is 204 g/mol. The Morgan fingerprint density at radius 2 is 2.13 bits per heavy atom. The topological polar surface area (TPSA) is 24.9 Å². The molecule has 1 fully saturated rings. The fraction of sp³-hybridized carbons (Fsp3) is 0.750. The molecule has 15 heavy (non-hydrogen) atoms. The van der Waals surface area contributed by atoms with Gasteiger partial charge in [0.25, 0.3) is 0 Å². The van der Waals surface area contributed by atoms with Gasteiger partial charge in [0.2, 0.25) is 0 Å². The monoisotopic (exact) mass is 224 g/mol. The molecule has 2 nitrogen and oxygen atoms in total. The summed E-state index contributed by atoms with van der Waals surface area (Å²) < 4.78 is 0. The van der Waals surface area contributed by atoms with Crippen LogP contribution in [0.1, 0.15) is 49.5 Å². The maximum Gasteiger partial charge on any atom is 0.109 e. The fourth-order valence-electron chi connectivity index (χ4n) is 1.85. The van der Waals surface area contributed by atoms with Crippen LogP contribution in [0.3, 0.4) is 0 Å². The Morgan fingerprint density at radius 1 is 1.47 bits per heavy atom. The first-order chi connectivity index (χ1) is 7.01. The molecule has 0 radical (unpaired) electrons. The van der Waals surface area contributed by atoms with Crippen molar-refractivity contribution in [2.24, 2.45) is 5.41 Å². The highest BCUT2D eigenvalue weighted by molar-refractivity contribution is 7.11. The normalized spacial score (nSPS) is 22.4. The SMILES string of the molecule is Cc1cnc(C(C)NC(C)C2(C)CC2)s1. The van der Waals surface area contributed by atoms with Crippen molar-refractivity contribution in [2.45, 2.75) is 52.6 Å². The van der Waals surface area contributed by atoms with E-state index in [-0.39, 0.29) is 0 Å². The summed E-state index contributed by atoms with van der Waals surface area (Å²) in [6.07, 6.45) is 4.69. The average Bonchev–Trinajstić information content (AvgIpc) is 2.77. The molecule has 0 saturated heterocycles. The van der Waals surface area contributed by atoms with Crippen molar-refractivity contribution in [3.63, 3.8) is 0 Å². The molecule has 1 aliphatic carbocycles. The summed E-state index contributed by atoms with van der Waals surface area (Å²) in [6.45, 7) is 8.98. The Morgan fingerprint density at radius 3 is 2.60 bits per heavy atom. The van der Waals surface area contributed by atoms with Crippen molar-refractivity contribution in [2.75, 3.05) is 0 Å². The number of thiazole rings is 1. The quantitative estimate of drug-likeness (QED) is 0.849. The van der Waals surface area contributed by atoms with E-state index >= 15 is 0 Å². The van der Waals surface area contributed by atoms with Crippen molar-refractivity contribution in [1.82, 2.24) is 10.3 Å². The first-order valence-electron chi connectivity index (χ1n) is 5.70. The molecule has 2 unspecified atom stereocenters. The Labute approximate surface area is 96.1 Å². The summed E-state index contributed by atoms with van der Waals surface area (Å²) in [7, 11) is 0. The second-order valence-electron chi connectivity index (χ2n) is 5.07. The third kappa shape index (κ3) is 2.40. The highest BCUT2D eigenvalue weighted by Crippen LogP contribution is 2.48. The van der Waals surface area contributed by atoms with Crippen LogP contribution in [0.25, 0.3) is 0 Å². The fourth-order valence-corrected chi connectivity index (χ4v) is 2.64. The molecule has 1 saturated carbocycles. The van der Waals surface area contributed by atoms with Gasteiger partial charge in [-0.3, -0.25) is 0 Å². The van der Waals surface area contributed by atoms with Crippen LogP contribution >= 0.6 is 11.3 Å². The first-order valence-corrected chi connectivity index (χ1v) is 6.51. The van der Waals surface area contributed by atoms with Gasteiger partial charge in [-0.2, -0.15) is 0 Å². The summed E-state index contributed by atoms with van der Waals surface area (Å²) in [6, 6.07) is 0.979. The average molecular weight is 224 g/mol.